The predicted molar refractivity (Wildman–Crippen MR) is 75.6 cm³/mol. The Labute approximate surface area is 133 Å². The average Bonchev–Trinajstić information content (AvgIpc) is 3.08. The maximum absolute atomic E-state index is 13.4. The van der Waals surface area contributed by atoms with E-state index in [0.29, 0.717) is 0 Å². The first kappa shape index (κ1) is 15.8. The quantitative estimate of drug-likeness (QED) is 0.718. The van der Waals surface area contributed by atoms with Gasteiger partial charge in [0, 0.05) is 0 Å². The Kier molecular flexibility index (Phi) is 4.07. The molecule has 0 amide bonds. The lowest BCUT2D eigenvalue weighted by molar-refractivity contribution is -0.140. The number of oxazole rings is 1. The summed E-state index contributed by atoms with van der Waals surface area (Å²) in [6.45, 7) is 0. The lowest BCUT2D eigenvalue weighted by Crippen LogP contribution is -2.13. The molecule has 0 fully saturated rings. The summed E-state index contributed by atoms with van der Waals surface area (Å²) < 4.78 is 55.3. The first-order valence-electron chi connectivity index (χ1n) is 6.65. The second-order valence-electron chi connectivity index (χ2n) is 4.49. The number of nitrogens with zero attached hydrogens (tertiary/aromatic N) is 3. The van der Waals surface area contributed by atoms with E-state index in [9.17, 15) is 13.2 Å². The summed E-state index contributed by atoms with van der Waals surface area (Å²) in [5, 5.41) is 0. The number of methoxy groups -OCH3 is 1. The lowest BCUT2D eigenvalue weighted by atomic mass is 10.3. The van der Waals surface area contributed by atoms with Crippen molar-refractivity contribution in [3.8, 4) is 29.2 Å². The summed E-state index contributed by atoms with van der Waals surface area (Å²) in [6, 6.07) is 7.95. The zero-order chi connectivity index (χ0) is 17.2. The van der Waals surface area contributed by atoms with Crippen LogP contribution in [0.2, 0.25) is 0 Å². The molecule has 6 nitrogen and oxygen atoms in total. The number of alkyl halides is 3. The number of ether oxygens (including phenoxy) is 2. The van der Waals surface area contributed by atoms with Crippen LogP contribution in [-0.2, 0) is 6.18 Å². The van der Waals surface area contributed by atoms with Crippen LogP contribution in [0.3, 0.4) is 0 Å². The molecule has 0 aliphatic heterocycles. The van der Waals surface area contributed by atoms with Gasteiger partial charge in [-0.15, -0.1) is 0 Å². The summed E-state index contributed by atoms with van der Waals surface area (Å²) in [5.41, 5.74) is -1.22. The molecule has 3 aromatic rings. The van der Waals surface area contributed by atoms with Gasteiger partial charge in [-0.3, -0.25) is 0 Å². The van der Waals surface area contributed by atoms with Crippen LogP contribution < -0.4 is 9.47 Å². The topological polar surface area (TPSA) is 70.3 Å². The number of benzene rings is 1. The fourth-order valence-electron chi connectivity index (χ4n) is 1.91. The number of para-hydroxylation sites is 1. The van der Waals surface area contributed by atoms with Gasteiger partial charge < -0.3 is 13.9 Å². The summed E-state index contributed by atoms with van der Waals surface area (Å²) in [6.07, 6.45) is -2.20. The maximum atomic E-state index is 13.4. The van der Waals surface area contributed by atoms with Crippen LogP contribution in [0, 0.1) is 0 Å². The second-order valence-corrected chi connectivity index (χ2v) is 4.49. The summed E-state index contributed by atoms with van der Waals surface area (Å²) in [5.74, 6) is -1.44. The van der Waals surface area contributed by atoms with E-state index < -0.39 is 23.5 Å². The van der Waals surface area contributed by atoms with Crippen molar-refractivity contribution in [1.82, 2.24) is 15.0 Å². The number of hydrogen-bond acceptors (Lipinski definition) is 6. The third kappa shape index (κ3) is 3.14. The van der Waals surface area contributed by atoms with E-state index in [4.69, 9.17) is 13.9 Å². The molecule has 0 unspecified atom stereocenters. The molecular formula is C15H10F3N3O3. The SMILES string of the molecule is COc1nc(-c2ncco2)nc(Oc2ccccc2)c1C(F)(F)F. The molecule has 0 bridgehead atoms. The Balaban J connectivity index is 2.17. The molecule has 0 spiro atoms. The molecule has 9 heteroatoms. The molecule has 124 valence electrons. The van der Waals surface area contributed by atoms with Crippen molar-refractivity contribution in [1.29, 1.82) is 0 Å². The molecule has 0 aliphatic rings. The first-order valence-corrected chi connectivity index (χ1v) is 6.65. The van der Waals surface area contributed by atoms with E-state index in [1.165, 1.54) is 24.6 Å². The molecule has 0 N–H and O–H groups in total. The summed E-state index contributed by atoms with van der Waals surface area (Å²) >= 11 is 0. The van der Waals surface area contributed by atoms with Gasteiger partial charge in [0.05, 0.1) is 13.3 Å². The molecular weight excluding hydrogens is 327 g/mol. The van der Waals surface area contributed by atoms with Gasteiger partial charge in [-0.1, -0.05) is 18.2 Å². The molecule has 0 saturated heterocycles. The minimum absolute atomic E-state index is 0.0556. The highest BCUT2D eigenvalue weighted by molar-refractivity contribution is 5.49. The number of halogens is 3. The Bertz CT molecular complexity index is 821. The predicted octanol–water partition coefficient (Wildman–Crippen LogP) is 3.95. The van der Waals surface area contributed by atoms with E-state index in [1.54, 1.807) is 18.2 Å². The van der Waals surface area contributed by atoms with Crippen LogP contribution in [0.1, 0.15) is 5.56 Å². The zero-order valence-corrected chi connectivity index (χ0v) is 12.2. The van der Waals surface area contributed by atoms with Crippen molar-refractivity contribution < 1.29 is 27.1 Å². The molecule has 0 radical (unpaired) electrons. The Morgan fingerprint density at radius 2 is 1.75 bits per heavy atom. The van der Waals surface area contributed by atoms with E-state index in [-0.39, 0.29) is 17.5 Å². The maximum Gasteiger partial charge on any atom is 0.426 e. The fourth-order valence-corrected chi connectivity index (χ4v) is 1.91. The van der Waals surface area contributed by atoms with Crippen LogP contribution in [0.25, 0.3) is 11.7 Å². The molecule has 1 aromatic carbocycles. The molecule has 24 heavy (non-hydrogen) atoms. The Morgan fingerprint density at radius 1 is 1.04 bits per heavy atom. The third-order valence-corrected chi connectivity index (χ3v) is 2.90. The number of rotatable bonds is 4. The smallest absolute Gasteiger partial charge is 0.426 e. The molecule has 0 saturated carbocycles. The van der Waals surface area contributed by atoms with E-state index in [2.05, 4.69) is 15.0 Å². The normalized spacial score (nSPS) is 11.3. The van der Waals surface area contributed by atoms with E-state index >= 15 is 0 Å². The van der Waals surface area contributed by atoms with Crippen molar-refractivity contribution in [2.24, 2.45) is 0 Å². The highest BCUT2D eigenvalue weighted by atomic mass is 19.4. The van der Waals surface area contributed by atoms with Crippen LogP contribution in [0.15, 0.2) is 47.2 Å². The van der Waals surface area contributed by atoms with Gasteiger partial charge in [-0.05, 0) is 12.1 Å². The van der Waals surface area contributed by atoms with E-state index in [0.717, 1.165) is 7.11 Å². The van der Waals surface area contributed by atoms with Crippen molar-refractivity contribution in [2.45, 2.75) is 6.18 Å². The number of hydrogen-bond donors (Lipinski definition) is 0. The van der Waals surface area contributed by atoms with Gasteiger partial charge in [0.2, 0.25) is 17.6 Å². The van der Waals surface area contributed by atoms with Gasteiger partial charge in [0.1, 0.15) is 12.0 Å². The van der Waals surface area contributed by atoms with Gasteiger partial charge in [0.15, 0.2) is 5.56 Å². The molecule has 2 aromatic heterocycles. The van der Waals surface area contributed by atoms with Gasteiger partial charge in [-0.2, -0.15) is 23.1 Å². The standard InChI is InChI=1S/C15H10F3N3O3/c1-22-12-10(15(16,17)18)13(24-9-5-3-2-4-6-9)21-11(20-12)14-19-7-8-23-14/h2-8H,1H3. The minimum Gasteiger partial charge on any atom is -0.480 e. The summed E-state index contributed by atoms with van der Waals surface area (Å²) in [4.78, 5) is 11.3. The van der Waals surface area contributed by atoms with Crippen molar-refractivity contribution in [3.05, 3.63) is 48.4 Å². The molecule has 0 atom stereocenters. The average molecular weight is 337 g/mol. The third-order valence-electron chi connectivity index (χ3n) is 2.90. The van der Waals surface area contributed by atoms with Gasteiger partial charge in [-0.25, -0.2) is 4.98 Å². The van der Waals surface area contributed by atoms with Crippen LogP contribution in [0.4, 0.5) is 13.2 Å². The largest absolute Gasteiger partial charge is 0.480 e. The van der Waals surface area contributed by atoms with Gasteiger partial charge in [0.25, 0.3) is 5.89 Å². The summed E-state index contributed by atoms with van der Waals surface area (Å²) in [7, 11) is 1.07. The Hall–Kier alpha value is -3.10. The second kappa shape index (κ2) is 6.19. The highest BCUT2D eigenvalue weighted by Crippen LogP contribution is 2.42. The molecule has 0 aliphatic carbocycles. The van der Waals surface area contributed by atoms with Gasteiger partial charge >= 0.3 is 6.18 Å². The minimum atomic E-state index is -4.77. The highest BCUT2D eigenvalue weighted by Gasteiger charge is 2.41. The Morgan fingerprint density at radius 3 is 2.33 bits per heavy atom. The molecule has 2 heterocycles. The van der Waals surface area contributed by atoms with Crippen LogP contribution in [0.5, 0.6) is 17.5 Å². The number of aromatic nitrogens is 3. The monoisotopic (exact) mass is 337 g/mol. The van der Waals surface area contributed by atoms with Crippen LogP contribution in [-0.4, -0.2) is 22.1 Å². The first-order chi connectivity index (χ1) is 11.5. The zero-order valence-electron chi connectivity index (χ0n) is 12.2. The fraction of sp³-hybridized carbons (Fsp3) is 0.133. The van der Waals surface area contributed by atoms with Crippen molar-refractivity contribution >= 4 is 0 Å². The van der Waals surface area contributed by atoms with Crippen molar-refractivity contribution in [3.63, 3.8) is 0 Å². The van der Waals surface area contributed by atoms with Crippen molar-refractivity contribution in [2.75, 3.05) is 7.11 Å². The van der Waals surface area contributed by atoms with E-state index in [1.807, 2.05) is 0 Å². The van der Waals surface area contributed by atoms with Crippen LogP contribution >= 0.6 is 0 Å². The molecule has 3 rings (SSSR count). The lowest BCUT2D eigenvalue weighted by Gasteiger charge is -2.15.